The van der Waals surface area contributed by atoms with E-state index in [1.165, 1.54) is 10.6 Å². The molecule has 0 fully saturated rings. The van der Waals surface area contributed by atoms with Gasteiger partial charge in [-0.2, -0.15) is 0 Å². The van der Waals surface area contributed by atoms with Crippen LogP contribution in [0, 0.1) is 0 Å². The third-order valence-corrected chi connectivity index (χ3v) is 3.57. The minimum absolute atomic E-state index is 0.0561. The van der Waals surface area contributed by atoms with E-state index < -0.39 is 0 Å². The van der Waals surface area contributed by atoms with E-state index in [1.54, 1.807) is 0 Å². The number of anilines is 1. The maximum absolute atomic E-state index is 5.95. The minimum atomic E-state index is -0.0561. The fourth-order valence-corrected chi connectivity index (χ4v) is 2.54. The van der Waals surface area contributed by atoms with Gasteiger partial charge < -0.3 is 11.1 Å². The van der Waals surface area contributed by atoms with Gasteiger partial charge in [-0.1, -0.05) is 13.8 Å². The van der Waals surface area contributed by atoms with Crippen molar-refractivity contribution in [2.45, 2.75) is 56.2 Å². The van der Waals surface area contributed by atoms with Crippen molar-refractivity contribution in [3.63, 3.8) is 0 Å². The molecule has 0 amide bonds. The van der Waals surface area contributed by atoms with E-state index >= 15 is 0 Å². The van der Waals surface area contributed by atoms with Gasteiger partial charge in [0.1, 0.15) is 0 Å². The summed E-state index contributed by atoms with van der Waals surface area (Å²) in [5.74, 6) is 0. The predicted octanol–water partition coefficient (Wildman–Crippen LogP) is 4.12. The van der Waals surface area contributed by atoms with Crippen LogP contribution in [0.1, 0.15) is 40.5 Å². The monoisotopic (exact) mass is 266 g/mol. The van der Waals surface area contributed by atoms with Crippen LogP contribution in [0.25, 0.3) is 0 Å². The molecule has 0 spiro atoms. The summed E-state index contributed by atoms with van der Waals surface area (Å²) in [7, 11) is 0. The normalized spacial score (nSPS) is 11.9. The molecule has 0 unspecified atom stereocenters. The maximum Gasteiger partial charge on any atom is 0.0340 e. The number of hydrogen-bond donors (Lipinski definition) is 2. The highest BCUT2D eigenvalue weighted by molar-refractivity contribution is 7.99. The highest BCUT2D eigenvalue weighted by atomic mass is 32.2. The van der Waals surface area contributed by atoms with E-state index in [4.69, 9.17) is 5.73 Å². The van der Waals surface area contributed by atoms with Crippen LogP contribution in [0.3, 0.4) is 0 Å². The molecule has 18 heavy (non-hydrogen) atoms. The largest absolute Gasteiger partial charge is 0.385 e. The molecule has 3 N–H and O–H groups in total. The first-order chi connectivity index (χ1) is 8.37. The average Bonchev–Trinajstić information content (AvgIpc) is 2.24. The van der Waals surface area contributed by atoms with Crippen LogP contribution in [0.2, 0.25) is 0 Å². The zero-order chi connectivity index (χ0) is 13.6. The molecule has 3 heteroatoms. The van der Waals surface area contributed by atoms with E-state index in [0.29, 0.717) is 5.25 Å². The second-order valence-electron chi connectivity index (χ2n) is 5.71. The van der Waals surface area contributed by atoms with Crippen molar-refractivity contribution >= 4 is 17.4 Å². The van der Waals surface area contributed by atoms with Crippen molar-refractivity contribution in [3.05, 3.63) is 24.3 Å². The number of rotatable bonds is 7. The van der Waals surface area contributed by atoms with Gasteiger partial charge in [0.05, 0.1) is 0 Å². The summed E-state index contributed by atoms with van der Waals surface area (Å²) in [6, 6.07) is 8.66. The molecule has 0 bridgehead atoms. The molecule has 0 aliphatic rings. The lowest BCUT2D eigenvalue weighted by Crippen LogP contribution is -2.32. The molecule has 0 aliphatic heterocycles. The molecule has 0 aliphatic carbocycles. The van der Waals surface area contributed by atoms with Crippen LogP contribution in [0.4, 0.5) is 5.69 Å². The van der Waals surface area contributed by atoms with Gasteiger partial charge in [-0.25, -0.2) is 0 Å². The third kappa shape index (κ3) is 6.92. The zero-order valence-corrected chi connectivity index (χ0v) is 12.8. The molecule has 2 nitrogen and oxygen atoms in total. The molecular weight excluding hydrogens is 240 g/mol. The van der Waals surface area contributed by atoms with E-state index in [9.17, 15) is 0 Å². The summed E-state index contributed by atoms with van der Waals surface area (Å²) in [5, 5.41) is 4.07. The Morgan fingerprint density at radius 3 is 2.33 bits per heavy atom. The first kappa shape index (κ1) is 15.4. The smallest absolute Gasteiger partial charge is 0.0340 e. The number of nitrogens with two attached hydrogens (primary N) is 1. The Labute approximate surface area is 116 Å². The van der Waals surface area contributed by atoms with Crippen LogP contribution in [-0.4, -0.2) is 17.3 Å². The number of hydrogen-bond acceptors (Lipinski definition) is 3. The second-order valence-corrected chi connectivity index (χ2v) is 7.36. The Kier molecular flexibility index (Phi) is 6.03. The molecule has 0 radical (unpaired) electrons. The van der Waals surface area contributed by atoms with Crippen molar-refractivity contribution in [2.75, 3.05) is 11.9 Å². The molecule has 0 saturated carbocycles. The molecule has 1 rings (SSSR count). The van der Waals surface area contributed by atoms with Crippen LogP contribution in [0.5, 0.6) is 0 Å². The van der Waals surface area contributed by atoms with Gasteiger partial charge in [-0.3, -0.25) is 0 Å². The van der Waals surface area contributed by atoms with Gasteiger partial charge in [0.25, 0.3) is 0 Å². The molecule has 102 valence electrons. The standard InChI is InChI=1S/C15H26N2S/c1-12(2)18-14-8-6-13(7-9-14)17-11-5-10-15(3,4)16/h6-9,12,17H,5,10-11,16H2,1-4H3. The average molecular weight is 266 g/mol. The van der Waals surface area contributed by atoms with Crippen LogP contribution < -0.4 is 11.1 Å². The SMILES string of the molecule is CC(C)Sc1ccc(NCCCC(C)(C)N)cc1. The van der Waals surface area contributed by atoms with E-state index in [2.05, 4.69) is 57.3 Å². The lowest BCUT2D eigenvalue weighted by molar-refractivity contribution is 0.465. The molecule has 1 aromatic carbocycles. The summed E-state index contributed by atoms with van der Waals surface area (Å²) < 4.78 is 0. The Morgan fingerprint density at radius 1 is 1.22 bits per heavy atom. The molecule has 0 atom stereocenters. The summed E-state index contributed by atoms with van der Waals surface area (Å²) in [6.07, 6.45) is 2.15. The van der Waals surface area contributed by atoms with Gasteiger partial charge >= 0.3 is 0 Å². The predicted molar refractivity (Wildman–Crippen MR) is 83.4 cm³/mol. The minimum Gasteiger partial charge on any atom is -0.385 e. The van der Waals surface area contributed by atoms with Crippen LogP contribution in [-0.2, 0) is 0 Å². The second kappa shape index (κ2) is 7.05. The van der Waals surface area contributed by atoms with Gasteiger partial charge in [-0.15, -0.1) is 11.8 Å². The van der Waals surface area contributed by atoms with Gasteiger partial charge in [0.2, 0.25) is 0 Å². The Balaban J connectivity index is 2.31. The van der Waals surface area contributed by atoms with E-state index in [0.717, 1.165) is 19.4 Å². The molecule has 1 aromatic rings. The summed E-state index contributed by atoms with van der Waals surface area (Å²) in [5.41, 5.74) is 7.09. The van der Waals surface area contributed by atoms with Crippen LogP contribution >= 0.6 is 11.8 Å². The molecular formula is C15H26N2S. The Hall–Kier alpha value is -0.670. The van der Waals surface area contributed by atoms with Crippen LogP contribution in [0.15, 0.2) is 29.2 Å². The van der Waals surface area contributed by atoms with Gasteiger partial charge in [0.15, 0.2) is 0 Å². The summed E-state index contributed by atoms with van der Waals surface area (Å²) >= 11 is 1.89. The molecule has 0 saturated heterocycles. The van der Waals surface area contributed by atoms with Crippen molar-refractivity contribution in [3.8, 4) is 0 Å². The number of nitrogens with one attached hydrogen (secondary N) is 1. The summed E-state index contributed by atoms with van der Waals surface area (Å²) in [4.78, 5) is 1.33. The molecule has 0 aromatic heterocycles. The molecule has 0 heterocycles. The number of benzene rings is 1. The lowest BCUT2D eigenvalue weighted by Gasteiger charge is -2.18. The van der Waals surface area contributed by atoms with Gasteiger partial charge in [0, 0.05) is 27.9 Å². The first-order valence-electron chi connectivity index (χ1n) is 6.66. The van der Waals surface area contributed by atoms with E-state index in [1.807, 2.05) is 11.8 Å². The fraction of sp³-hybridized carbons (Fsp3) is 0.600. The van der Waals surface area contributed by atoms with Crippen molar-refractivity contribution < 1.29 is 0 Å². The van der Waals surface area contributed by atoms with E-state index in [-0.39, 0.29) is 5.54 Å². The third-order valence-electron chi connectivity index (χ3n) is 2.55. The maximum atomic E-state index is 5.95. The fourth-order valence-electron chi connectivity index (χ4n) is 1.70. The van der Waals surface area contributed by atoms with Crippen molar-refractivity contribution in [2.24, 2.45) is 5.73 Å². The zero-order valence-electron chi connectivity index (χ0n) is 12.0. The van der Waals surface area contributed by atoms with Crippen molar-refractivity contribution in [1.29, 1.82) is 0 Å². The summed E-state index contributed by atoms with van der Waals surface area (Å²) in [6.45, 7) is 9.56. The quantitative estimate of drug-likeness (QED) is 0.576. The highest BCUT2D eigenvalue weighted by Gasteiger charge is 2.08. The Bertz CT molecular complexity index is 339. The topological polar surface area (TPSA) is 38.0 Å². The highest BCUT2D eigenvalue weighted by Crippen LogP contribution is 2.24. The lowest BCUT2D eigenvalue weighted by atomic mass is 10.0. The van der Waals surface area contributed by atoms with Gasteiger partial charge in [-0.05, 0) is 51.0 Å². The van der Waals surface area contributed by atoms with Crippen molar-refractivity contribution in [1.82, 2.24) is 0 Å². The first-order valence-corrected chi connectivity index (χ1v) is 7.54. The number of thioether (sulfide) groups is 1. The Morgan fingerprint density at radius 2 is 1.83 bits per heavy atom.